The number of ether oxygens (including phenoxy) is 4. The van der Waals surface area contributed by atoms with Gasteiger partial charge in [-0.1, -0.05) is 27.7 Å². The highest BCUT2D eigenvalue weighted by molar-refractivity contribution is 5.91. The maximum atomic E-state index is 13.2. The molecule has 10 heteroatoms. The van der Waals surface area contributed by atoms with Crippen molar-refractivity contribution in [2.24, 2.45) is 23.7 Å². The molecule has 2 saturated heterocycles. The summed E-state index contributed by atoms with van der Waals surface area (Å²) in [6.45, 7) is 11.3. The van der Waals surface area contributed by atoms with Crippen LogP contribution in [0.15, 0.2) is 12.2 Å². The smallest absolute Gasteiger partial charge is 0.308 e. The van der Waals surface area contributed by atoms with E-state index in [1.807, 2.05) is 53.6 Å². The van der Waals surface area contributed by atoms with Gasteiger partial charge in [0, 0.05) is 30.2 Å². The average molecular weight is 582 g/mol. The van der Waals surface area contributed by atoms with Gasteiger partial charge in [0.2, 0.25) is 0 Å². The minimum atomic E-state index is -1.15. The summed E-state index contributed by atoms with van der Waals surface area (Å²) in [4.78, 5) is 40.0. The number of cyclic esters (lactones) is 1. The first kappa shape index (κ1) is 33.8. The molecule has 3 heterocycles. The first-order valence-electron chi connectivity index (χ1n) is 15.1. The fourth-order valence-corrected chi connectivity index (χ4v) is 6.50. The van der Waals surface area contributed by atoms with E-state index in [1.165, 1.54) is 0 Å². The lowest BCUT2D eigenvalue weighted by atomic mass is 9.79. The number of hydrogen-bond acceptors (Lipinski definition) is 10. The Kier molecular flexibility index (Phi) is 11.7. The molecule has 1 unspecified atom stereocenters. The van der Waals surface area contributed by atoms with Crippen LogP contribution in [0.3, 0.4) is 0 Å². The van der Waals surface area contributed by atoms with Crippen LogP contribution in [0, 0.1) is 23.7 Å². The van der Waals surface area contributed by atoms with Crippen LogP contribution in [0.4, 0.5) is 0 Å². The predicted octanol–water partition coefficient (Wildman–Crippen LogP) is 2.67. The topological polar surface area (TPSA) is 135 Å². The van der Waals surface area contributed by atoms with E-state index >= 15 is 0 Å². The van der Waals surface area contributed by atoms with Gasteiger partial charge in [0.15, 0.2) is 12.1 Å². The van der Waals surface area contributed by atoms with Gasteiger partial charge in [-0.15, -0.1) is 0 Å². The number of aldehydes is 1. The fourth-order valence-electron chi connectivity index (χ4n) is 6.50. The zero-order valence-electron chi connectivity index (χ0n) is 25.9. The van der Waals surface area contributed by atoms with Crippen LogP contribution in [0.2, 0.25) is 0 Å². The Balaban J connectivity index is 1.95. The summed E-state index contributed by atoms with van der Waals surface area (Å²) in [7, 11) is 3.76. The molecule has 0 aromatic carbocycles. The summed E-state index contributed by atoms with van der Waals surface area (Å²) < 4.78 is 24.2. The van der Waals surface area contributed by atoms with Gasteiger partial charge in [-0.3, -0.25) is 9.59 Å². The Morgan fingerprint density at radius 2 is 1.80 bits per heavy atom. The van der Waals surface area contributed by atoms with Crippen LogP contribution < -0.4 is 0 Å². The van der Waals surface area contributed by atoms with Crippen LogP contribution in [0.25, 0.3) is 0 Å². The molecule has 3 aliphatic heterocycles. The molecular formula is C31H51NO9. The minimum absolute atomic E-state index is 0.0707. The molecule has 41 heavy (non-hydrogen) atoms. The number of ketones is 1. The third-order valence-electron chi connectivity index (χ3n) is 9.29. The Bertz CT molecular complexity index is 941. The molecule has 0 aromatic heterocycles. The van der Waals surface area contributed by atoms with Gasteiger partial charge < -0.3 is 38.9 Å². The van der Waals surface area contributed by atoms with Crippen molar-refractivity contribution in [3.05, 3.63) is 12.2 Å². The first-order valence-corrected chi connectivity index (χ1v) is 15.1. The third-order valence-corrected chi connectivity index (χ3v) is 9.29. The number of carbonyl (C=O) groups excluding carboxylic acids is 3. The van der Waals surface area contributed by atoms with E-state index in [2.05, 4.69) is 0 Å². The Hall–Kier alpha value is -1.69. The second kappa shape index (κ2) is 14.2. The molecule has 3 aliphatic rings. The van der Waals surface area contributed by atoms with Gasteiger partial charge >= 0.3 is 5.97 Å². The molecule has 10 nitrogen and oxygen atoms in total. The van der Waals surface area contributed by atoms with Crippen LogP contribution in [-0.2, 0) is 33.3 Å². The molecule has 2 fully saturated rings. The normalized spacial score (nSPS) is 45.5. The van der Waals surface area contributed by atoms with Gasteiger partial charge in [-0.2, -0.15) is 0 Å². The summed E-state index contributed by atoms with van der Waals surface area (Å²) in [6, 6.07) is -0.219. The van der Waals surface area contributed by atoms with Crippen LogP contribution >= 0.6 is 0 Å². The van der Waals surface area contributed by atoms with E-state index in [0.29, 0.717) is 19.3 Å². The van der Waals surface area contributed by atoms with Crippen molar-refractivity contribution in [3.8, 4) is 0 Å². The van der Waals surface area contributed by atoms with Gasteiger partial charge in [-0.05, 0) is 65.3 Å². The van der Waals surface area contributed by atoms with E-state index in [1.54, 1.807) is 19.1 Å². The zero-order valence-corrected chi connectivity index (χ0v) is 25.9. The number of aliphatic hydroxyl groups is 2. The second-order valence-electron chi connectivity index (χ2n) is 12.9. The molecule has 0 amide bonds. The van der Waals surface area contributed by atoms with E-state index in [0.717, 1.165) is 6.29 Å². The second-order valence-corrected chi connectivity index (χ2v) is 12.9. The number of epoxide rings is 1. The Morgan fingerprint density at radius 1 is 1.12 bits per heavy atom. The number of likely N-dealkylation sites (N-methyl/N-ethyl adjacent to an activating group) is 1. The number of fused-ring (bicyclic) bond motifs is 1. The number of aliphatic hydroxyl groups excluding tert-OH is 2. The van der Waals surface area contributed by atoms with Gasteiger partial charge in [-0.25, -0.2) is 0 Å². The number of esters is 1. The summed E-state index contributed by atoms with van der Waals surface area (Å²) in [6.07, 6.45) is 0.627. The van der Waals surface area contributed by atoms with Crippen molar-refractivity contribution < 1.29 is 43.5 Å². The predicted molar refractivity (Wildman–Crippen MR) is 152 cm³/mol. The number of nitrogens with zero attached hydrogens (tertiary/aromatic N) is 1. The third kappa shape index (κ3) is 8.24. The summed E-state index contributed by atoms with van der Waals surface area (Å²) in [5, 5.41) is 22.4. The van der Waals surface area contributed by atoms with Crippen LogP contribution in [0.5, 0.6) is 0 Å². The summed E-state index contributed by atoms with van der Waals surface area (Å²) in [5.41, 5.74) is -0.637. The molecule has 0 aromatic rings. The fraction of sp³-hybridized carbons (Fsp3) is 0.839. The lowest BCUT2D eigenvalue weighted by Crippen LogP contribution is -2.56. The molecule has 0 radical (unpaired) electrons. The molecule has 13 atom stereocenters. The van der Waals surface area contributed by atoms with Crippen molar-refractivity contribution in [1.82, 2.24) is 4.90 Å². The SMILES string of the molecule is CC[C@H]1OC(=O)C[C@@H](O)[C@H](C)[C@@H](O[C@@H]2O[C@H](C)C[C@H](N(C)C)C2O)[C@@H](CC=O)C[C@@H](C)C(=O)/C=C/[C@]2(C)O[C@H]2[C@@H]1C. The van der Waals surface area contributed by atoms with Crippen molar-refractivity contribution in [1.29, 1.82) is 0 Å². The number of hydrogen-bond donors (Lipinski definition) is 2. The highest BCUT2D eigenvalue weighted by Gasteiger charge is 2.55. The highest BCUT2D eigenvalue weighted by Crippen LogP contribution is 2.45. The number of carbonyl (C=O) groups is 3. The molecule has 234 valence electrons. The molecule has 0 aliphatic carbocycles. The molecule has 3 rings (SSSR count). The van der Waals surface area contributed by atoms with Crippen LogP contribution in [-0.4, -0.2) is 102 Å². The van der Waals surface area contributed by atoms with E-state index in [-0.39, 0.29) is 42.8 Å². The van der Waals surface area contributed by atoms with E-state index in [4.69, 9.17) is 18.9 Å². The van der Waals surface area contributed by atoms with Crippen molar-refractivity contribution in [2.75, 3.05) is 14.1 Å². The van der Waals surface area contributed by atoms with Gasteiger partial charge in [0.25, 0.3) is 0 Å². The molecule has 2 N–H and O–H groups in total. The van der Waals surface area contributed by atoms with Gasteiger partial charge in [0.05, 0.1) is 30.8 Å². The number of rotatable bonds is 6. The quantitative estimate of drug-likeness (QED) is 0.274. The van der Waals surface area contributed by atoms with Crippen molar-refractivity contribution in [2.45, 2.75) is 128 Å². The maximum absolute atomic E-state index is 13.2. The summed E-state index contributed by atoms with van der Waals surface area (Å²) in [5.74, 6) is -2.32. The number of allylic oxidation sites excluding steroid dienone is 1. The van der Waals surface area contributed by atoms with E-state index in [9.17, 15) is 24.6 Å². The average Bonchev–Trinajstić information content (AvgIpc) is 3.60. The Labute approximate surface area is 244 Å². The molecule has 0 saturated carbocycles. The van der Waals surface area contributed by atoms with E-state index < -0.39 is 60.0 Å². The van der Waals surface area contributed by atoms with Crippen LogP contribution in [0.1, 0.15) is 73.6 Å². The molecule has 0 spiro atoms. The lowest BCUT2D eigenvalue weighted by molar-refractivity contribution is -0.283. The van der Waals surface area contributed by atoms with Crippen molar-refractivity contribution >= 4 is 18.0 Å². The maximum Gasteiger partial charge on any atom is 0.308 e. The monoisotopic (exact) mass is 581 g/mol. The zero-order chi connectivity index (χ0) is 30.6. The first-order chi connectivity index (χ1) is 19.2. The molecule has 0 bridgehead atoms. The highest BCUT2D eigenvalue weighted by atomic mass is 16.7. The summed E-state index contributed by atoms with van der Waals surface area (Å²) >= 11 is 0. The van der Waals surface area contributed by atoms with Gasteiger partial charge in [0.1, 0.15) is 24.1 Å². The van der Waals surface area contributed by atoms with Crippen molar-refractivity contribution in [3.63, 3.8) is 0 Å². The lowest BCUT2D eigenvalue weighted by Gasteiger charge is -2.44. The molecular weight excluding hydrogens is 530 g/mol. The minimum Gasteiger partial charge on any atom is -0.462 e. The standard InChI is InChI=1S/C31H51NO9/c1-9-25-20(5)29-31(6,41-29)12-10-23(34)17(2)14-21(11-13-33)28(19(4)24(35)16-26(36)39-25)40-30-27(37)22(32(7)8)15-18(3)38-30/h10,12-13,17-22,24-25,27-30,35,37H,9,11,14-16H2,1-8H3/b12-10+/t17-,18-,19+,20-,21+,22+,24-,25-,27?,28-,29+,30+,31+/m1/s1. The largest absolute Gasteiger partial charge is 0.462 e. The Morgan fingerprint density at radius 3 is 2.41 bits per heavy atom.